The largest absolute Gasteiger partial charge is 0.491 e. The molecule has 1 rings (SSSR count). The second-order valence-electron chi connectivity index (χ2n) is 4.80. The lowest BCUT2D eigenvalue weighted by molar-refractivity contribution is 0.317. The van der Waals surface area contributed by atoms with E-state index < -0.39 is 0 Å². The van der Waals surface area contributed by atoms with Crippen LogP contribution in [0, 0.1) is 0 Å². The van der Waals surface area contributed by atoms with E-state index in [2.05, 4.69) is 13.5 Å². The fourth-order valence-corrected chi connectivity index (χ4v) is 2.27. The molecule has 0 heterocycles. The lowest BCUT2D eigenvalue weighted by atomic mass is 10.0. The summed E-state index contributed by atoms with van der Waals surface area (Å²) in [6.07, 6.45) is 2.41. The zero-order chi connectivity index (χ0) is 14.4. The monoisotopic (exact) mass is 301 g/mol. The van der Waals surface area contributed by atoms with Gasteiger partial charge >= 0.3 is 0 Å². The number of hydrogen-bond donors (Lipinski definition) is 1. The Kier molecular flexibility index (Phi) is 6.70. The van der Waals surface area contributed by atoms with Crippen LogP contribution < -0.4 is 10.5 Å². The Balaban J connectivity index is 2.89. The number of halogens is 2. The Labute approximate surface area is 125 Å². The highest BCUT2D eigenvalue weighted by Crippen LogP contribution is 2.33. The van der Waals surface area contributed by atoms with Crippen molar-refractivity contribution in [1.82, 2.24) is 0 Å². The lowest BCUT2D eigenvalue weighted by Crippen LogP contribution is -2.22. The molecule has 106 valence electrons. The average molecular weight is 302 g/mol. The highest BCUT2D eigenvalue weighted by molar-refractivity contribution is 6.35. The highest BCUT2D eigenvalue weighted by atomic mass is 35.5. The van der Waals surface area contributed by atoms with Crippen LogP contribution in [0.5, 0.6) is 5.75 Å². The van der Waals surface area contributed by atoms with E-state index in [0.29, 0.717) is 28.8 Å². The number of benzene rings is 1. The van der Waals surface area contributed by atoms with Crippen molar-refractivity contribution in [1.29, 1.82) is 0 Å². The molecule has 0 spiro atoms. The van der Waals surface area contributed by atoms with Crippen LogP contribution in [0.1, 0.15) is 32.3 Å². The van der Waals surface area contributed by atoms with E-state index in [1.807, 2.05) is 13.0 Å². The predicted molar refractivity (Wildman–Crippen MR) is 83.4 cm³/mol. The second-order valence-corrected chi connectivity index (χ2v) is 5.65. The van der Waals surface area contributed by atoms with Gasteiger partial charge in [-0.05, 0) is 37.5 Å². The Bertz CT molecular complexity index is 446. The molecular formula is C15H21Cl2NO. The molecule has 1 aromatic rings. The quantitative estimate of drug-likeness (QED) is 0.746. The van der Waals surface area contributed by atoms with Crippen molar-refractivity contribution in [2.24, 2.45) is 5.73 Å². The molecule has 0 saturated carbocycles. The van der Waals surface area contributed by atoms with Crippen molar-refractivity contribution in [2.75, 3.05) is 6.61 Å². The molecule has 2 nitrogen and oxygen atoms in total. The fourth-order valence-electron chi connectivity index (χ4n) is 1.68. The van der Waals surface area contributed by atoms with Gasteiger partial charge in [0.25, 0.3) is 0 Å². The molecule has 0 aliphatic heterocycles. The molecule has 0 aromatic heterocycles. The smallest absolute Gasteiger partial charge is 0.141 e. The van der Waals surface area contributed by atoms with Gasteiger partial charge in [0, 0.05) is 17.5 Å². The first-order valence-electron chi connectivity index (χ1n) is 6.44. The van der Waals surface area contributed by atoms with Crippen molar-refractivity contribution in [2.45, 2.75) is 39.2 Å². The van der Waals surface area contributed by atoms with Crippen molar-refractivity contribution in [3.05, 3.63) is 39.9 Å². The third-order valence-corrected chi connectivity index (χ3v) is 3.37. The topological polar surface area (TPSA) is 35.2 Å². The van der Waals surface area contributed by atoms with Gasteiger partial charge in [0.15, 0.2) is 0 Å². The summed E-state index contributed by atoms with van der Waals surface area (Å²) in [5.41, 5.74) is 8.04. The van der Waals surface area contributed by atoms with Crippen LogP contribution >= 0.6 is 23.2 Å². The van der Waals surface area contributed by atoms with Gasteiger partial charge in [0.05, 0.1) is 11.6 Å². The summed E-state index contributed by atoms with van der Waals surface area (Å²) in [6.45, 7) is 8.44. The molecule has 0 fully saturated rings. The first kappa shape index (κ1) is 16.4. The van der Waals surface area contributed by atoms with Crippen LogP contribution in [-0.2, 0) is 6.42 Å². The van der Waals surface area contributed by atoms with E-state index in [9.17, 15) is 0 Å². The second kappa shape index (κ2) is 7.78. The Morgan fingerprint density at radius 3 is 2.68 bits per heavy atom. The van der Waals surface area contributed by atoms with Crippen LogP contribution in [0.15, 0.2) is 24.3 Å². The molecule has 0 bridgehead atoms. The third kappa shape index (κ3) is 5.43. The minimum Gasteiger partial charge on any atom is -0.491 e. The standard InChI is InChI=1S/C15H21Cl2NO/c1-4-13(18)8-11-7-12(16)9-14(17)15(11)19-6-5-10(2)3/h7,9,13H,2,4-6,8,18H2,1,3H3. The Morgan fingerprint density at radius 1 is 1.42 bits per heavy atom. The molecule has 0 aliphatic carbocycles. The van der Waals surface area contributed by atoms with E-state index in [-0.39, 0.29) is 6.04 Å². The molecule has 0 saturated heterocycles. The summed E-state index contributed by atoms with van der Waals surface area (Å²) in [6, 6.07) is 3.65. The zero-order valence-corrected chi connectivity index (χ0v) is 13.0. The molecule has 2 N–H and O–H groups in total. The van der Waals surface area contributed by atoms with Gasteiger partial charge in [-0.1, -0.05) is 35.7 Å². The zero-order valence-electron chi connectivity index (χ0n) is 11.5. The number of rotatable bonds is 7. The summed E-state index contributed by atoms with van der Waals surface area (Å²) in [4.78, 5) is 0. The summed E-state index contributed by atoms with van der Waals surface area (Å²) in [5.74, 6) is 0.691. The van der Waals surface area contributed by atoms with E-state index in [1.165, 1.54) is 0 Å². The van der Waals surface area contributed by atoms with E-state index in [4.69, 9.17) is 33.7 Å². The van der Waals surface area contributed by atoms with Gasteiger partial charge in [0.1, 0.15) is 5.75 Å². The molecule has 1 aromatic carbocycles. The van der Waals surface area contributed by atoms with Crippen LogP contribution in [-0.4, -0.2) is 12.6 Å². The number of nitrogens with two attached hydrogens (primary N) is 1. The van der Waals surface area contributed by atoms with Crippen molar-refractivity contribution < 1.29 is 4.74 Å². The van der Waals surface area contributed by atoms with Crippen LogP contribution in [0.3, 0.4) is 0 Å². The van der Waals surface area contributed by atoms with Crippen LogP contribution in [0.25, 0.3) is 0 Å². The molecule has 1 atom stereocenters. The summed E-state index contributed by atoms with van der Waals surface area (Å²) in [7, 11) is 0. The summed E-state index contributed by atoms with van der Waals surface area (Å²) >= 11 is 12.2. The van der Waals surface area contributed by atoms with Crippen LogP contribution in [0.4, 0.5) is 0 Å². The van der Waals surface area contributed by atoms with Crippen LogP contribution in [0.2, 0.25) is 10.0 Å². The maximum atomic E-state index is 6.20. The van der Waals surface area contributed by atoms with Gasteiger partial charge < -0.3 is 10.5 Å². The first-order chi connectivity index (χ1) is 8.93. The molecule has 0 aliphatic rings. The fraction of sp³-hybridized carbons (Fsp3) is 0.467. The summed E-state index contributed by atoms with van der Waals surface area (Å²) in [5, 5.41) is 1.14. The van der Waals surface area contributed by atoms with Crippen molar-refractivity contribution in [3.63, 3.8) is 0 Å². The molecular weight excluding hydrogens is 281 g/mol. The molecule has 4 heteroatoms. The maximum absolute atomic E-state index is 6.20. The van der Waals surface area contributed by atoms with E-state index in [0.717, 1.165) is 24.0 Å². The van der Waals surface area contributed by atoms with Crippen molar-refractivity contribution >= 4 is 23.2 Å². The van der Waals surface area contributed by atoms with Gasteiger partial charge in [-0.15, -0.1) is 6.58 Å². The number of hydrogen-bond acceptors (Lipinski definition) is 2. The number of ether oxygens (including phenoxy) is 1. The van der Waals surface area contributed by atoms with E-state index in [1.54, 1.807) is 6.07 Å². The minimum absolute atomic E-state index is 0.0815. The summed E-state index contributed by atoms with van der Waals surface area (Å²) < 4.78 is 5.77. The first-order valence-corrected chi connectivity index (χ1v) is 7.20. The average Bonchev–Trinajstić information content (AvgIpc) is 2.31. The van der Waals surface area contributed by atoms with Gasteiger partial charge in [-0.2, -0.15) is 0 Å². The SMILES string of the molecule is C=C(C)CCOc1c(Cl)cc(Cl)cc1CC(N)CC. The molecule has 0 radical (unpaired) electrons. The third-order valence-electron chi connectivity index (χ3n) is 2.87. The lowest BCUT2D eigenvalue weighted by Gasteiger charge is -2.16. The van der Waals surface area contributed by atoms with Gasteiger partial charge in [0.2, 0.25) is 0 Å². The normalized spacial score (nSPS) is 12.3. The highest BCUT2D eigenvalue weighted by Gasteiger charge is 2.13. The maximum Gasteiger partial charge on any atom is 0.141 e. The van der Waals surface area contributed by atoms with Gasteiger partial charge in [-0.3, -0.25) is 0 Å². The Hall–Kier alpha value is -0.700. The predicted octanol–water partition coefficient (Wildman–Crippen LogP) is 4.62. The molecule has 19 heavy (non-hydrogen) atoms. The van der Waals surface area contributed by atoms with Crippen molar-refractivity contribution in [3.8, 4) is 5.75 Å². The minimum atomic E-state index is 0.0815. The van der Waals surface area contributed by atoms with Gasteiger partial charge in [-0.25, -0.2) is 0 Å². The molecule has 1 unspecified atom stereocenters. The molecule has 0 amide bonds. The van der Waals surface area contributed by atoms with E-state index >= 15 is 0 Å². The Morgan fingerprint density at radius 2 is 2.11 bits per heavy atom.